The third-order valence-corrected chi connectivity index (χ3v) is 1.59. The number of nitrogens with one attached hydrogen (secondary N) is 1. The number of alkyl halides is 3. The number of hydrogen-bond acceptors (Lipinski definition) is 4. The lowest BCUT2D eigenvalue weighted by Gasteiger charge is -2.25. The second kappa shape index (κ2) is 5.42. The molecule has 0 spiro atoms. The van der Waals surface area contributed by atoms with Crippen molar-refractivity contribution in [1.82, 2.24) is 5.32 Å². The maximum atomic E-state index is 12.1. The van der Waals surface area contributed by atoms with Gasteiger partial charge in [-0.05, 0) is 20.8 Å². The van der Waals surface area contributed by atoms with E-state index in [-0.39, 0.29) is 0 Å². The largest absolute Gasteiger partial charge is 0.480 e. The average Bonchev–Trinajstić information content (AvgIpc) is 2.08. The predicted octanol–water partition coefficient (Wildman–Crippen LogP) is 0.887. The van der Waals surface area contributed by atoms with Crippen molar-refractivity contribution < 1.29 is 37.7 Å². The first-order valence-corrected chi connectivity index (χ1v) is 4.81. The number of halogens is 3. The summed E-state index contributed by atoms with van der Waals surface area (Å²) < 4.78 is 41.0. The van der Waals surface area contributed by atoms with Crippen LogP contribution in [0.2, 0.25) is 0 Å². The van der Waals surface area contributed by atoms with Crippen LogP contribution in [-0.4, -0.2) is 46.2 Å². The molecule has 0 aromatic rings. The fourth-order valence-electron chi connectivity index (χ4n) is 0.899. The smallest absolute Gasteiger partial charge is 0.416 e. The molecule has 9 heteroatoms. The Morgan fingerprint density at radius 2 is 1.67 bits per heavy atom. The molecule has 0 saturated carbocycles. The summed E-state index contributed by atoms with van der Waals surface area (Å²) in [6, 6.07) is -2.53. The third-order valence-electron chi connectivity index (χ3n) is 1.59. The van der Waals surface area contributed by atoms with Crippen LogP contribution in [0.25, 0.3) is 0 Å². The number of aliphatic hydroxyl groups is 1. The van der Waals surface area contributed by atoms with E-state index in [4.69, 9.17) is 10.2 Å². The molecule has 2 atom stereocenters. The molecule has 0 aliphatic rings. The summed E-state index contributed by atoms with van der Waals surface area (Å²) in [5.74, 6) is -2.02. The summed E-state index contributed by atoms with van der Waals surface area (Å²) in [5, 5.41) is 18.8. The number of carboxylic acids is 1. The molecule has 6 nitrogen and oxygen atoms in total. The minimum absolute atomic E-state index is 1.00. The Kier molecular flexibility index (Phi) is 4.97. The summed E-state index contributed by atoms with van der Waals surface area (Å²) in [5.41, 5.74) is -1.00. The quantitative estimate of drug-likeness (QED) is 0.709. The highest BCUT2D eigenvalue weighted by Crippen LogP contribution is 2.22. The van der Waals surface area contributed by atoms with E-state index >= 15 is 0 Å². The number of amides is 1. The summed E-state index contributed by atoms with van der Waals surface area (Å²) in [6.07, 6.45) is -9.75. The second-order valence-electron chi connectivity index (χ2n) is 4.45. The van der Waals surface area contributed by atoms with Gasteiger partial charge in [-0.2, -0.15) is 13.2 Å². The Balaban J connectivity index is 4.76. The lowest BCUT2D eigenvalue weighted by atomic mass is 10.1. The van der Waals surface area contributed by atoms with E-state index in [1.54, 1.807) is 0 Å². The topological polar surface area (TPSA) is 95.9 Å². The number of alkyl carbamates (subject to hydrolysis) is 1. The van der Waals surface area contributed by atoms with Crippen LogP contribution in [0.15, 0.2) is 0 Å². The van der Waals surface area contributed by atoms with Gasteiger partial charge in [0, 0.05) is 0 Å². The van der Waals surface area contributed by atoms with Crippen LogP contribution in [-0.2, 0) is 9.53 Å². The van der Waals surface area contributed by atoms with E-state index in [9.17, 15) is 22.8 Å². The highest BCUT2D eigenvalue weighted by atomic mass is 19.4. The zero-order valence-corrected chi connectivity index (χ0v) is 9.91. The number of ether oxygens (including phenoxy) is 1. The van der Waals surface area contributed by atoms with Gasteiger partial charge in [0.1, 0.15) is 5.60 Å². The number of rotatable bonds is 3. The Bertz CT molecular complexity index is 323. The molecule has 0 aliphatic heterocycles. The number of carbonyl (C=O) groups excluding carboxylic acids is 1. The summed E-state index contributed by atoms with van der Waals surface area (Å²) in [4.78, 5) is 21.7. The van der Waals surface area contributed by atoms with Crippen molar-refractivity contribution in [2.24, 2.45) is 0 Å². The minimum Gasteiger partial charge on any atom is -0.480 e. The zero-order chi connectivity index (χ0) is 14.7. The van der Waals surface area contributed by atoms with Crippen molar-refractivity contribution in [2.45, 2.75) is 44.7 Å². The van der Waals surface area contributed by atoms with Crippen molar-refractivity contribution in [3.05, 3.63) is 0 Å². The number of hydrogen-bond donors (Lipinski definition) is 3. The van der Waals surface area contributed by atoms with Crippen LogP contribution in [0.1, 0.15) is 20.8 Å². The van der Waals surface area contributed by atoms with Crippen LogP contribution in [0, 0.1) is 0 Å². The van der Waals surface area contributed by atoms with Crippen LogP contribution >= 0.6 is 0 Å². The van der Waals surface area contributed by atoms with Crippen molar-refractivity contribution in [3.63, 3.8) is 0 Å². The Morgan fingerprint density at radius 1 is 1.22 bits per heavy atom. The van der Waals surface area contributed by atoms with Gasteiger partial charge in [-0.1, -0.05) is 0 Å². The molecule has 0 bridgehead atoms. The van der Waals surface area contributed by atoms with Crippen molar-refractivity contribution in [3.8, 4) is 0 Å². The lowest BCUT2D eigenvalue weighted by molar-refractivity contribution is -0.215. The van der Waals surface area contributed by atoms with E-state index in [1.165, 1.54) is 26.1 Å². The summed E-state index contributed by atoms with van der Waals surface area (Å²) in [7, 11) is 0. The number of aliphatic hydroxyl groups excluding tert-OH is 1. The minimum atomic E-state index is -5.17. The molecule has 0 aliphatic carbocycles. The molecule has 0 aromatic heterocycles. The molecular weight excluding hydrogens is 259 g/mol. The fourth-order valence-corrected chi connectivity index (χ4v) is 0.899. The van der Waals surface area contributed by atoms with Gasteiger partial charge in [0.15, 0.2) is 12.1 Å². The first-order chi connectivity index (χ1) is 7.84. The molecule has 106 valence electrons. The molecule has 0 heterocycles. The average molecular weight is 273 g/mol. The van der Waals surface area contributed by atoms with Crippen LogP contribution < -0.4 is 5.32 Å². The standard InChI is InChI=1S/C9H14F3NO5/c1-8(2,3)18-7(17)13-4(6(15)16)5(14)9(10,11)12/h4-5,14H,1-3H3,(H,13,17)(H,15,16)/t4-,5-/m0/s1. The second-order valence-corrected chi connectivity index (χ2v) is 4.45. The van der Waals surface area contributed by atoms with Gasteiger partial charge in [0.05, 0.1) is 0 Å². The Morgan fingerprint density at radius 3 is 1.94 bits per heavy atom. The molecule has 0 rings (SSSR count). The van der Waals surface area contributed by atoms with E-state index in [0.717, 1.165) is 0 Å². The molecule has 18 heavy (non-hydrogen) atoms. The van der Waals surface area contributed by atoms with Gasteiger partial charge in [-0.25, -0.2) is 9.59 Å². The van der Waals surface area contributed by atoms with E-state index in [1.807, 2.05) is 0 Å². The first kappa shape index (κ1) is 16.5. The van der Waals surface area contributed by atoms with Crippen LogP contribution in [0.3, 0.4) is 0 Å². The maximum Gasteiger partial charge on any atom is 0.416 e. The van der Waals surface area contributed by atoms with Gasteiger partial charge in [0.2, 0.25) is 0 Å². The summed E-state index contributed by atoms with van der Waals surface area (Å²) >= 11 is 0. The first-order valence-electron chi connectivity index (χ1n) is 4.81. The lowest BCUT2D eigenvalue weighted by Crippen LogP contribution is -2.55. The molecule has 1 amide bonds. The highest BCUT2D eigenvalue weighted by Gasteiger charge is 2.47. The third kappa shape index (κ3) is 5.71. The molecule has 0 fully saturated rings. The molecule has 3 N–H and O–H groups in total. The van der Waals surface area contributed by atoms with Gasteiger partial charge in [-0.15, -0.1) is 0 Å². The Labute approximate surface area is 101 Å². The van der Waals surface area contributed by atoms with Crippen molar-refractivity contribution in [2.75, 3.05) is 0 Å². The Hall–Kier alpha value is -1.51. The molecule has 0 saturated heterocycles. The van der Waals surface area contributed by atoms with Crippen LogP contribution in [0.5, 0.6) is 0 Å². The molecule has 0 radical (unpaired) electrons. The van der Waals surface area contributed by atoms with E-state index in [2.05, 4.69) is 4.74 Å². The molecule has 0 aromatic carbocycles. The fraction of sp³-hybridized carbons (Fsp3) is 0.778. The highest BCUT2D eigenvalue weighted by molar-refractivity contribution is 5.80. The number of carbonyl (C=O) groups is 2. The van der Waals surface area contributed by atoms with Crippen molar-refractivity contribution in [1.29, 1.82) is 0 Å². The zero-order valence-electron chi connectivity index (χ0n) is 9.91. The summed E-state index contributed by atoms with van der Waals surface area (Å²) in [6.45, 7) is 4.34. The van der Waals surface area contributed by atoms with Crippen LogP contribution in [0.4, 0.5) is 18.0 Å². The maximum absolute atomic E-state index is 12.1. The van der Waals surface area contributed by atoms with Crippen molar-refractivity contribution >= 4 is 12.1 Å². The van der Waals surface area contributed by atoms with E-state index < -0.39 is 36.0 Å². The van der Waals surface area contributed by atoms with Gasteiger partial charge in [0.25, 0.3) is 0 Å². The predicted molar refractivity (Wildman–Crippen MR) is 52.9 cm³/mol. The van der Waals surface area contributed by atoms with Gasteiger partial charge in [-0.3, -0.25) is 0 Å². The van der Waals surface area contributed by atoms with Gasteiger partial charge >= 0.3 is 18.2 Å². The normalized spacial score (nSPS) is 15.7. The van der Waals surface area contributed by atoms with E-state index in [0.29, 0.717) is 0 Å². The SMILES string of the molecule is CC(C)(C)OC(=O)N[C@H](C(=O)O)[C@H](O)C(F)(F)F. The van der Waals surface area contributed by atoms with Gasteiger partial charge < -0.3 is 20.3 Å². The number of carboxylic acid groups (broad SMARTS) is 1. The monoisotopic (exact) mass is 273 g/mol. The molecule has 0 unspecified atom stereocenters. The number of aliphatic carboxylic acids is 1. The molecular formula is C9H14F3NO5.